The van der Waals surface area contributed by atoms with Gasteiger partial charge in [0.25, 0.3) is 0 Å². The summed E-state index contributed by atoms with van der Waals surface area (Å²) in [4.78, 5) is 21.0. The highest BCUT2D eigenvalue weighted by molar-refractivity contribution is 5.87. The zero-order valence-corrected chi connectivity index (χ0v) is 5.65. The van der Waals surface area contributed by atoms with Crippen molar-refractivity contribution in [2.75, 3.05) is 0 Å². The summed E-state index contributed by atoms with van der Waals surface area (Å²) in [6.07, 6.45) is 0. The first-order valence-electron chi connectivity index (χ1n) is 3.04. The van der Waals surface area contributed by atoms with Crippen molar-refractivity contribution in [3.05, 3.63) is 46.1 Å². The normalized spacial score (nSPS) is 9.09. The molecule has 0 amide bonds. The molecule has 11 heavy (non-hydrogen) atoms. The summed E-state index contributed by atoms with van der Waals surface area (Å²) in [5, 5.41) is 8.48. The van der Waals surface area contributed by atoms with E-state index >= 15 is 0 Å². The minimum absolute atomic E-state index is 0.118. The maximum Gasteiger partial charge on any atom is 0.335 e. The first kappa shape index (κ1) is 7.47. The molecule has 1 aromatic rings. The molecule has 56 valence electrons. The number of carboxylic acids is 1. The van der Waals surface area contributed by atoms with Crippen LogP contribution >= 0.6 is 0 Å². The monoisotopic (exact) mass is 150 g/mol. The molecule has 0 atom stereocenters. The number of hydrogen-bond acceptors (Lipinski definition) is 2. The van der Waals surface area contributed by atoms with E-state index in [1.54, 1.807) is 0 Å². The summed E-state index contributed by atoms with van der Waals surface area (Å²) in [7, 11) is 0. The van der Waals surface area contributed by atoms with Gasteiger partial charge in [-0.3, -0.25) is 4.79 Å². The van der Waals surface area contributed by atoms with Crippen molar-refractivity contribution in [3.8, 4) is 0 Å². The number of hydrogen-bond donors (Lipinski definition) is 1. The highest BCUT2D eigenvalue weighted by Gasteiger charge is 1.97. The molecule has 0 aliphatic carbocycles. The smallest absolute Gasteiger partial charge is 0.335 e. The van der Waals surface area contributed by atoms with Crippen LogP contribution < -0.4 is 5.43 Å². The van der Waals surface area contributed by atoms with E-state index in [2.05, 4.69) is 0 Å². The van der Waals surface area contributed by atoms with Crippen molar-refractivity contribution in [1.29, 1.82) is 0 Å². The Bertz CT molecular complexity index is 330. The molecular formula is C8H6O3. The van der Waals surface area contributed by atoms with E-state index in [0.29, 0.717) is 0 Å². The third-order valence-corrected chi connectivity index (χ3v) is 1.21. The molecular weight excluding hydrogens is 144 g/mol. The lowest BCUT2D eigenvalue weighted by Gasteiger charge is -1.83. The van der Waals surface area contributed by atoms with Crippen LogP contribution in [-0.2, 0) is 0 Å². The van der Waals surface area contributed by atoms with Gasteiger partial charge in [0.15, 0.2) is 5.43 Å². The first-order chi connectivity index (χ1) is 5.20. The van der Waals surface area contributed by atoms with Gasteiger partial charge in [-0.1, -0.05) is 6.07 Å². The molecule has 0 spiro atoms. The number of rotatable bonds is 1. The summed E-state index contributed by atoms with van der Waals surface area (Å²) in [6.45, 7) is 0. The number of carboxylic acid groups (broad SMARTS) is 1. The van der Waals surface area contributed by atoms with E-state index in [9.17, 15) is 9.59 Å². The maximum absolute atomic E-state index is 10.7. The molecule has 0 radical (unpaired) electrons. The fourth-order valence-corrected chi connectivity index (χ4v) is 0.672. The summed E-state index contributed by atoms with van der Waals surface area (Å²) < 4.78 is 0. The van der Waals surface area contributed by atoms with E-state index in [1.165, 1.54) is 30.3 Å². The summed E-state index contributed by atoms with van der Waals surface area (Å²) in [6, 6.07) is 6.62. The van der Waals surface area contributed by atoms with Gasteiger partial charge in [0.2, 0.25) is 0 Å². The van der Waals surface area contributed by atoms with E-state index in [1.807, 2.05) is 0 Å². The van der Waals surface area contributed by atoms with Gasteiger partial charge in [-0.25, -0.2) is 4.79 Å². The van der Waals surface area contributed by atoms with Crippen LogP contribution in [0.15, 0.2) is 35.1 Å². The fourth-order valence-electron chi connectivity index (χ4n) is 0.672. The second-order valence-electron chi connectivity index (χ2n) is 2.02. The second kappa shape index (κ2) is 2.96. The average molecular weight is 150 g/mol. The molecule has 0 saturated heterocycles. The third-order valence-electron chi connectivity index (χ3n) is 1.21. The Balaban J connectivity index is 3.26. The van der Waals surface area contributed by atoms with Gasteiger partial charge < -0.3 is 5.11 Å². The van der Waals surface area contributed by atoms with Crippen LogP contribution in [0.5, 0.6) is 0 Å². The number of aromatic carboxylic acids is 1. The highest BCUT2D eigenvalue weighted by Crippen LogP contribution is 1.92. The Morgan fingerprint density at radius 3 is 2.55 bits per heavy atom. The lowest BCUT2D eigenvalue weighted by atomic mass is 10.3. The van der Waals surface area contributed by atoms with Crippen molar-refractivity contribution >= 4 is 5.97 Å². The second-order valence-corrected chi connectivity index (χ2v) is 2.02. The topological polar surface area (TPSA) is 54.4 Å². The van der Waals surface area contributed by atoms with Crippen molar-refractivity contribution in [3.63, 3.8) is 0 Å². The molecule has 0 aromatic heterocycles. The quantitative estimate of drug-likeness (QED) is 0.642. The minimum atomic E-state index is -1.03. The molecule has 0 bridgehead atoms. The van der Waals surface area contributed by atoms with Crippen molar-refractivity contribution in [1.82, 2.24) is 0 Å². The van der Waals surface area contributed by atoms with Gasteiger partial charge in [0, 0.05) is 0 Å². The minimum Gasteiger partial charge on any atom is -0.478 e. The molecule has 0 saturated carbocycles. The van der Waals surface area contributed by atoms with Crippen molar-refractivity contribution in [2.24, 2.45) is 0 Å². The van der Waals surface area contributed by atoms with Gasteiger partial charge >= 0.3 is 5.97 Å². The van der Waals surface area contributed by atoms with Crippen molar-refractivity contribution in [2.45, 2.75) is 0 Å². The molecule has 0 heterocycles. The van der Waals surface area contributed by atoms with Crippen LogP contribution in [-0.4, -0.2) is 11.1 Å². The van der Waals surface area contributed by atoms with Crippen LogP contribution in [0.2, 0.25) is 0 Å². The van der Waals surface area contributed by atoms with Gasteiger partial charge in [0.1, 0.15) is 0 Å². The largest absolute Gasteiger partial charge is 0.478 e. The number of carbonyl (C=O) groups is 1. The molecule has 3 nitrogen and oxygen atoms in total. The molecule has 0 aliphatic heterocycles. The Kier molecular flexibility index (Phi) is 2.01. The van der Waals surface area contributed by atoms with Gasteiger partial charge in [-0.2, -0.15) is 0 Å². The van der Waals surface area contributed by atoms with Gasteiger partial charge in [-0.15, -0.1) is 0 Å². The van der Waals surface area contributed by atoms with Crippen molar-refractivity contribution < 1.29 is 9.90 Å². The highest BCUT2D eigenvalue weighted by atomic mass is 16.4. The van der Waals surface area contributed by atoms with Crippen LogP contribution in [0.1, 0.15) is 10.4 Å². The van der Waals surface area contributed by atoms with E-state index < -0.39 is 5.97 Å². The lowest BCUT2D eigenvalue weighted by molar-refractivity contribution is 0.0697. The standard InChI is InChI=1S/C8H6O3/c9-7-3-1-2-6(4-5-7)8(10)11/h1-5H,(H,10,11). The Labute approximate surface area is 62.9 Å². The van der Waals surface area contributed by atoms with Gasteiger partial charge in [0.05, 0.1) is 5.56 Å². The van der Waals surface area contributed by atoms with Crippen LogP contribution in [0.3, 0.4) is 0 Å². The predicted molar refractivity (Wildman–Crippen MR) is 39.7 cm³/mol. The van der Waals surface area contributed by atoms with E-state index in [-0.39, 0.29) is 11.0 Å². The first-order valence-corrected chi connectivity index (χ1v) is 3.04. The van der Waals surface area contributed by atoms with E-state index in [4.69, 9.17) is 5.11 Å². The Morgan fingerprint density at radius 1 is 1.18 bits per heavy atom. The molecule has 1 N–H and O–H groups in total. The van der Waals surface area contributed by atoms with Crippen LogP contribution in [0.4, 0.5) is 0 Å². The third kappa shape index (κ3) is 1.89. The Hall–Kier alpha value is -1.64. The summed E-state index contributed by atoms with van der Waals surface area (Å²) in [5.74, 6) is -1.03. The van der Waals surface area contributed by atoms with Gasteiger partial charge in [-0.05, 0) is 24.3 Å². The average Bonchev–Trinajstić information content (AvgIpc) is 2.13. The van der Waals surface area contributed by atoms with E-state index in [0.717, 1.165) is 0 Å². The Morgan fingerprint density at radius 2 is 1.91 bits per heavy atom. The zero-order chi connectivity index (χ0) is 8.27. The molecule has 1 aromatic carbocycles. The van der Waals surface area contributed by atoms with Crippen LogP contribution in [0, 0.1) is 0 Å². The predicted octanol–water partition coefficient (Wildman–Crippen LogP) is 0.745. The molecule has 1 rings (SSSR count). The molecule has 0 fully saturated rings. The maximum atomic E-state index is 10.7. The fraction of sp³-hybridized carbons (Fsp3) is 0. The zero-order valence-electron chi connectivity index (χ0n) is 5.65. The van der Waals surface area contributed by atoms with Crippen LogP contribution in [0.25, 0.3) is 0 Å². The molecule has 3 heteroatoms. The summed E-state index contributed by atoms with van der Waals surface area (Å²) in [5.41, 5.74) is -0.0791. The molecule has 0 unspecified atom stereocenters. The summed E-state index contributed by atoms with van der Waals surface area (Å²) >= 11 is 0. The molecule has 0 aliphatic rings. The lowest BCUT2D eigenvalue weighted by Crippen LogP contribution is -1.93. The SMILES string of the molecule is O=C(O)c1cccc(=O)cc1.